The number of para-hydroxylation sites is 1. The second kappa shape index (κ2) is 6.92. The third-order valence-corrected chi connectivity index (χ3v) is 4.41. The van der Waals surface area contributed by atoms with Crippen LogP contribution in [-0.2, 0) is 19.1 Å². The number of rotatable bonds is 5. The van der Waals surface area contributed by atoms with Crippen molar-refractivity contribution in [3.8, 4) is 0 Å². The van der Waals surface area contributed by atoms with Crippen LogP contribution in [-0.4, -0.2) is 47.4 Å². The van der Waals surface area contributed by atoms with Gasteiger partial charge in [0, 0.05) is 5.69 Å². The van der Waals surface area contributed by atoms with Crippen molar-refractivity contribution in [1.29, 1.82) is 0 Å². The van der Waals surface area contributed by atoms with E-state index in [0.717, 1.165) is 17.7 Å². The third kappa shape index (κ3) is 3.62. The summed E-state index contributed by atoms with van der Waals surface area (Å²) in [5.74, 6) is -1.69. The van der Waals surface area contributed by atoms with Crippen LogP contribution < -0.4 is 10.6 Å². The number of imide groups is 1. The van der Waals surface area contributed by atoms with Gasteiger partial charge in [-0.05, 0) is 25.0 Å². The molecule has 1 aliphatic carbocycles. The molecule has 0 atom stereocenters. The quantitative estimate of drug-likeness (QED) is 0.613. The number of hydrogen-bond donors (Lipinski definition) is 2. The average Bonchev–Trinajstić information content (AvgIpc) is 3.15. The van der Waals surface area contributed by atoms with E-state index in [-0.39, 0.29) is 5.91 Å². The standard InChI is InChI=1S/C17H19N3O5/c21-13(18-12-6-2-1-3-7-12)11-25-14(22)10-20-15(23)17(19-16(20)24)8-4-5-9-17/h1-3,6-7H,4-5,8-11H2,(H,18,21)(H,19,24). The zero-order chi connectivity index (χ0) is 17.9. The van der Waals surface area contributed by atoms with Gasteiger partial charge in [-0.1, -0.05) is 31.0 Å². The molecule has 3 rings (SSSR count). The second-order valence-electron chi connectivity index (χ2n) is 6.19. The summed E-state index contributed by atoms with van der Waals surface area (Å²) in [6.07, 6.45) is 2.90. The lowest BCUT2D eigenvalue weighted by atomic mass is 9.98. The topological polar surface area (TPSA) is 105 Å². The Morgan fingerprint density at radius 3 is 2.52 bits per heavy atom. The molecule has 0 unspecified atom stereocenters. The minimum atomic E-state index is -0.859. The molecule has 2 aliphatic rings. The van der Waals surface area contributed by atoms with Crippen LogP contribution in [0, 0.1) is 0 Å². The van der Waals surface area contributed by atoms with E-state index >= 15 is 0 Å². The van der Waals surface area contributed by atoms with Crippen molar-refractivity contribution in [2.45, 2.75) is 31.2 Å². The molecule has 0 bridgehead atoms. The van der Waals surface area contributed by atoms with Crippen LogP contribution in [0.15, 0.2) is 30.3 Å². The van der Waals surface area contributed by atoms with Gasteiger partial charge in [0.25, 0.3) is 11.8 Å². The largest absolute Gasteiger partial charge is 0.454 e. The molecule has 132 valence electrons. The summed E-state index contributed by atoms with van der Waals surface area (Å²) in [4.78, 5) is 48.9. The Labute approximate surface area is 144 Å². The first kappa shape index (κ1) is 16.9. The number of ether oxygens (including phenoxy) is 1. The maximum Gasteiger partial charge on any atom is 0.326 e. The normalized spacial score (nSPS) is 18.3. The van der Waals surface area contributed by atoms with Gasteiger partial charge in [0.05, 0.1) is 0 Å². The Balaban J connectivity index is 1.48. The summed E-state index contributed by atoms with van der Waals surface area (Å²) in [7, 11) is 0. The van der Waals surface area contributed by atoms with E-state index in [1.165, 1.54) is 0 Å². The van der Waals surface area contributed by atoms with Gasteiger partial charge in [0.2, 0.25) is 0 Å². The molecular weight excluding hydrogens is 326 g/mol. The Kier molecular flexibility index (Phi) is 4.69. The van der Waals surface area contributed by atoms with Crippen LogP contribution in [0.4, 0.5) is 10.5 Å². The molecule has 8 heteroatoms. The molecule has 1 saturated carbocycles. The first-order valence-corrected chi connectivity index (χ1v) is 8.15. The molecular formula is C17H19N3O5. The predicted octanol–water partition coefficient (Wildman–Crippen LogP) is 1.03. The Morgan fingerprint density at radius 1 is 1.16 bits per heavy atom. The van der Waals surface area contributed by atoms with E-state index in [9.17, 15) is 19.2 Å². The number of anilines is 1. The van der Waals surface area contributed by atoms with Crippen LogP contribution in [0.25, 0.3) is 0 Å². The number of hydrogen-bond acceptors (Lipinski definition) is 5. The van der Waals surface area contributed by atoms with E-state index in [1.54, 1.807) is 24.3 Å². The first-order valence-electron chi connectivity index (χ1n) is 8.15. The number of nitrogens with one attached hydrogen (secondary N) is 2. The number of esters is 1. The van der Waals surface area contributed by atoms with Gasteiger partial charge in [-0.25, -0.2) is 4.79 Å². The number of carbonyl (C=O) groups is 4. The van der Waals surface area contributed by atoms with E-state index in [2.05, 4.69) is 10.6 Å². The van der Waals surface area contributed by atoms with E-state index in [1.807, 2.05) is 6.07 Å². The summed E-state index contributed by atoms with van der Waals surface area (Å²) in [6, 6.07) is 8.15. The Morgan fingerprint density at radius 2 is 1.84 bits per heavy atom. The molecule has 4 amide bonds. The predicted molar refractivity (Wildman–Crippen MR) is 87.5 cm³/mol. The number of amides is 4. The summed E-state index contributed by atoms with van der Waals surface area (Å²) < 4.78 is 4.86. The molecule has 2 N–H and O–H groups in total. The Bertz CT molecular complexity index is 697. The maximum absolute atomic E-state index is 12.4. The monoisotopic (exact) mass is 345 g/mol. The van der Waals surface area contributed by atoms with Gasteiger partial charge in [-0.2, -0.15) is 0 Å². The summed E-state index contributed by atoms with van der Waals surface area (Å²) in [5.41, 5.74) is -0.275. The Hall–Kier alpha value is -2.90. The average molecular weight is 345 g/mol. The first-order chi connectivity index (χ1) is 12.0. The molecule has 0 aromatic heterocycles. The molecule has 25 heavy (non-hydrogen) atoms. The van der Waals surface area contributed by atoms with Crippen LogP contribution in [0.3, 0.4) is 0 Å². The summed E-state index contributed by atoms with van der Waals surface area (Å²) in [5, 5.41) is 5.25. The molecule has 1 aliphatic heterocycles. The van der Waals surface area contributed by atoms with Gasteiger partial charge in [-0.15, -0.1) is 0 Å². The van der Waals surface area contributed by atoms with Crippen LogP contribution in [0.1, 0.15) is 25.7 Å². The molecule has 1 aromatic carbocycles. The van der Waals surface area contributed by atoms with Crippen molar-refractivity contribution in [3.63, 3.8) is 0 Å². The van der Waals surface area contributed by atoms with Crippen LogP contribution in [0.2, 0.25) is 0 Å². The summed E-state index contributed by atoms with van der Waals surface area (Å²) >= 11 is 0. The van der Waals surface area contributed by atoms with Gasteiger partial charge < -0.3 is 15.4 Å². The lowest BCUT2D eigenvalue weighted by molar-refractivity contribution is -0.150. The highest BCUT2D eigenvalue weighted by Crippen LogP contribution is 2.34. The maximum atomic E-state index is 12.4. The summed E-state index contributed by atoms with van der Waals surface area (Å²) in [6.45, 7) is -0.979. The van der Waals surface area contributed by atoms with Gasteiger partial charge >= 0.3 is 12.0 Å². The van der Waals surface area contributed by atoms with Crippen molar-refractivity contribution in [2.24, 2.45) is 0 Å². The van der Waals surface area contributed by atoms with Gasteiger partial charge in [0.1, 0.15) is 12.1 Å². The fourth-order valence-corrected chi connectivity index (χ4v) is 3.18. The number of carbonyl (C=O) groups excluding carboxylic acids is 4. The highest BCUT2D eigenvalue weighted by molar-refractivity contribution is 6.09. The fraction of sp³-hybridized carbons (Fsp3) is 0.412. The van der Waals surface area contributed by atoms with Crippen LogP contribution in [0.5, 0.6) is 0 Å². The molecule has 2 fully saturated rings. The van der Waals surface area contributed by atoms with Crippen molar-refractivity contribution < 1.29 is 23.9 Å². The van der Waals surface area contributed by atoms with E-state index < -0.39 is 36.6 Å². The molecule has 1 saturated heterocycles. The molecule has 0 radical (unpaired) electrons. The lowest BCUT2D eigenvalue weighted by Gasteiger charge is -2.19. The highest BCUT2D eigenvalue weighted by atomic mass is 16.5. The van der Waals surface area contributed by atoms with Crippen molar-refractivity contribution >= 4 is 29.5 Å². The van der Waals surface area contributed by atoms with Gasteiger partial charge in [0.15, 0.2) is 6.61 Å². The SMILES string of the molecule is O=C(COC(=O)CN1C(=O)NC2(CCCC2)C1=O)Nc1ccccc1. The lowest BCUT2D eigenvalue weighted by Crippen LogP contribution is -2.44. The van der Waals surface area contributed by atoms with Crippen molar-refractivity contribution in [2.75, 3.05) is 18.5 Å². The number of urea groups is 1. The highest BCUT2D eigenvalue weighted by Gasteiger charge is 2.52. The van der Waals surface area contributed by atoms with E-state index in [4.69, 9.17) is 4.74 Å². The molecule has 1 aromatic rings. The van der Waals surface area contributed by atoms with Crippen molar-refractivity contribution in [3.05, 3.63) is 30.3 Å². The fourth-order valence-electron chi connectivity index (χ4n) is 3.18. The third-order valence-electron chi connectivity index (χ3n) is 4.41. The van der Waals surface area contributed by atoms with E-state index in [0.29, 0.717) is 18.5 Å². The number of benzene rings is 1. The molecule has 1 heterocycles. The van der Waals surface area contributed by atoms with Gasteiger partial charge in [-0.3, -0.25) is 19.3 Å². The number of nitrogens with zero attached hydrogens (tertiary/aromatic N) is 1. The smallest absolute Gasteiger partial charge is 0.326 e. The van der Waals surface area contributed by atoms with Crippen LogP contribution >= 0.6 is 0 Å². The minimum Gasteiger partial charge on any atom is -0.454 e. The molecule has 1 spiro atoms. The zero-order valence-electron chi connectivity index (χ0n) is 13.6. The minimum absolute atomic E-state index is 0.388. The zero-order valence-corrected chi connectivity index (χ0v) is 13.6. The molecule has 8 nitrogen and oxygen atoms in total. The van der Waals surface area contributed by atoms with Crippen molar-refractivity contribution in [1.82, 2.24) is 10.2 Å². The second-order valence-corrected chi connectivity index (χ2v) is 6.19.